The Kier molecular flexibility index (Phi) is 7.61. The third-order valence-corrected chi connectivity index (χ3v) is 7.79. The zero-order valence-electron chi connectivity index (χ0n) is 23.9. The monoisotopic (exact) mass is 592 g/mol. The van der Waals surface area contributed by atoms with Crippen molar-refractivity contribution in [3.05, 3.63) is 113 Å². The minimum atomic E-state index is -0.410. The normalized spacial score (nSPS) is 14.5. The van der Waals surface area contributed by atoms with Gasteiger partial charge in [-0.05, 0) is 71.8 Å². The van der Waals surface area contributed by atoms with Crippen molar-refractivity contribution < 1.29 is 19.0 Å². The highest BCUT2D eigenvalue weighted by Crippen LogP contribution is 2.39. The van der Waals surface area contributed by atoms with E-state index in [0.29, 0.717) is 56.5 Å². The highest BCUT2D eigenvalue weighted by molar-refractivity contribution is 6.30. The molecule has 1 aliphatic rings. The number of nitrogens with two attached hydrogens (primary N) is 1. The van der Waals surface area contributed by atoms with Crippen LogP contribution in [0.5, 0.6) is 17.2 Å². The number of pyridine rings is 1. The van der Waals surface area contributed by atoms with Gasteiger partial charge in [0.2, 0.25) is 0 Å². The summed E-state index contributed by atoms with van der Waals surface area (Å²) in [6, 6.07) is 27.4. The maximum Gasteiger partial charge on any atom is 0.275 e. The van der Waals surface area contributed by atoms with Gasteiger partial charge in [0, 0.05) is 28.1 Å². The molecular formula is C34H29ClN4O4. The smallest absolute Gasteiger partial charge is 0.275 e. The van der Waals surface area contributed by atoms with Gasteiger partial charge in [0.1, 0.15) is 5.75 Å². The highest BCUT2D eigenvalue weighted by Gasteiger charge is 2.35. The van der Waals surface area contributed by atoms with Gasteiger partial charge in [-0.25, -0.2) is 9.99 Å². The Balaban J connectivity index is 1.51. The maximum absolute atomic E-state index is 14.6. The van der Waals surface area contributed by atoms with Gasteiger partial charge in [-0.1, -0.05) is 41.9 Å². The molecule has 0 bridgehead atoms. The fourth-order valence-electron chi connectivity index (χ4n) is 5.27. The Labute approximate surface area is 254 Å². The Hall–Kier alpha value is -5.08. The van der Waals surface area contributed by atoms with E-state index in [1.54, 1.807) is 44.5 Å². The van der Waals surface area contributed by atoms with Gasteiger partial charge in [-0.3, -0.25) is 4.79 Å². The molecule has 0 spiro atoms. The molecule has 1 amide bonds. The quantitative estimate of drug-likeness (QED) is 0.201. The average molecular weight is 593 g/mol. The fourth-order valence-corrected chi connectivity index (χ4v) is 5.39. The van der Waals surface area contributed by atoms with Crippen LogP contribution in [0.15, 0.2) is 96.1 Å². The average Bonchev–Trinajstić information content (AvgIpc) is 3.49. The van der Waals surface area contributed by atoms with Crippen molar-refractivity contribution >= 4 is 39.8 Å². The number of fused-ring (bicyclic) bond motifs is 1. The van der Waals surface area contributed by atoms with E-state index in [1.807, 2.05) is 72.8 Å². The molecule has 0 fully saturated rings. The molecular weight excluding hydrogens is 564 g/mol. The van der Waals surface area contributed by atoms with E-state index in [4.69, 9.17) is 41.6 Å². The molecule has 2 heterocycles. The first-order chi connectivity index (χ1) is 20.9. The van der Waals surface area contributed by atoms with E-state index in [1.165, 1.54) is 0 Å². The van der Waals surface area contributed by atoms with E-state index >= 15 is 0 Å². The molecule has 0 aliphatic carbocycles. The van der Waals surface area contributed by atoms with Crippen molar-refractivity contribution in [1.29, 1.82) is 0 Å². The first kappa shape index (κ1) is 28.1. The van der Waals surface area contributed by atoms with Crippen LogP contribution in [0.25, 0.3) is 22.2 Å². The number of halogens is 1. The SMILES string of the molecule is COc1ccc2nc(-c3ccc(Cl)cc3)cc(C(=O)N3N=C(c4ccc(N)cc4)CC3c3ccc(OC)c(OC)c3)c2c1. The molecule has 5 aromatic rings. The zero-order valence-corrected chi connectivity index (χ0v) is 24.6. The van der Waals surface area contributed by atoms with E-state index in [-0.39, 0.29) is 5.91 Å². The van der Waals surface area contributed by atoms with Crippen LogP contribution < -0.4 is 19.9 Å². The van der Waals surface area contributed by atoms with Gasteiger partial charge in [-0.2, -0.15) is 5.10 Å². The summed E-state index contributed by atoms with van der Waals surface area (Å²) in [6.45, 7) is 0. The Morgan fingerprint density at radius 1 is 0.837 bits per heavy atom. The molecule has 1 atom stereocenters. The molecule has 43 heavy (non-hydrogen) atoms. The number of anilines is 1. The number of benzene rings is 4. The lowest BCUT2D eigenvalue weighted by atomic mass is 9.97. The molecule has 1 aromatic heterocycles. The van der Waals surface area contributed by atoms with Crippen molar-refractivity contribution in [3.8, 4) is 28.5 Å². The Morgan fingerprint density at radius 2 is 1.56 bits per heavy atom. The number of carbonyl (C=O) groups excluding carboxylic acids is 1. The second-order valence-corrected chi connectivity index (χ2v) is 10.5. The first-order valence-electron chi connectivity index (χ1n) is 13.6. The van der Waals surface area contributed by atoms with Gasteiger partial charge >= 0.3 is 0 Å². The number of methoxy groups -OCH3 is 3. The van der Waals surface area contributed by atoms with Gasteiger partial charge in [0.05, 0.1) is 49.9 Å². The summed E-state index contributed by atoms with van der Waals surface area (Å²) in [7, 11) is 4.77. The van der Waals surface area contributed by atoms with Gasteiger partial charge < -0.3 is 19.9 Å². The van der Waals surface area contributed by atoms with Crippen molar-refractivity contribution in [2.75, 3.05) is 27.1 Å². The van der Waals surface area contributed by atoms with E-state index in [2.05, 4.69) is 0 Å². The van der Waals surface area contributed by atoms with Crippen molar-refractivity contribution in [2.45, 2.75) is 12.5 Å². The lowest BCUT2D eigenvalue weighted by molar-refractivity contribution is 0.0713. The highest BCUT2D eigenvalue weighted by atomic mass is 35.5. The van der Waals surface area contributed by atoms with E-state index < -0.39 is 6.04 Å². The molecule has 0 radical (unpaired) electrons. The topological polar surface area (TPSA) is 99.3 Å². The third-order valence-electron chi connectivity index (χ3n) is 7.54. The summed E-state index contributed by atoms with van der Waals surface area (Å²) in [5, 5.41) is 7.72. The summed E-state index contributed by atoms with van der Waals surface area (Å²) in [5.74, 6) is 1.51. The van der Waals surface area contributed by atoms with Gasteiger partial charge in [0.25, 0.3) is 5.91 Å². The van der Waals surface area contributed by atoms with Crippen molar-refractivity contribution in [1.82, 2.24) is 9.99 Å². The summed E-state index contributed by atoms with van der Waals surface area (Å²) >= 11 is 6.15. The van der Waals surface area contributed by atoms with Crippen LogP contribution in [-0.4, -0.2) is 42.9 Å². The summed E-state index contributed by atoms with van der Waals surface area (Å²) in [4.78, 5) is 19.5. The first-order valence-corrected chi connectivity index (χ1v) is 14.0. The van der Waals surface area contributed by atoms with Crippen LogP contribution >= 0.6 is 11.6 Å². The zero-order chi connectivity index (χ0) is 30.1. The lowest BCUT2D eigenvalue weighted by Gasteiger charge is -2.24. The molecule has 2 N–H and O–H groups in total. The second-order valence-electron chi connectivity index (χ2n) is 10.1. The third kappa shape index (κ3) is 5.45. The number of hydrazone groups is 1. The predicted octanol–water partition coefficient (Wildman–Crippen LogP) is 7.15. The minimum Gasteiger partial charge on any atom is -0.497 e. The molecule has 216 valence electrons. The fraction of sp³-hybridized carbons (Fsp3) is 0.147. The number of aromatic nitrogens is 1. The van der Waals surface area contributed by atoms with Crippen LogP contribution in [-0.2, 0) is 0 Å². The summed E-state index contributed by atoms with van der Waals surface area (Å²) in [5.41, 5.74) is 11.7. The molecule has 0 saturated heterocycles. The van der Waals surface area contributed by atoms with Crippen LogP contribution in [0.1, 0.15) is 33.9 Å². The molecule has 6 rings (SSSR count). The van der Waals surface area contributed by atoms with Crippen LogP contribution in [0.4, 0.5) is 5.69 Å². The number of rotatable bonds is 7. The largest absolute Gasteiger partial charge is 0.497 e. The number of hydrogen-bond acceptors (Lipinski definition) is 7. The summed E-state index contributed by atoms with van der Waals surface area (Å²) in [6.07, 6.45) is 0.488. The maximum atomic E-state index is 14.6. The number of ether oxygens (including phenoxy) is 3. The molecule has 4 aromatic carbocycles. The molecule has 1 aliphatic heterocycles. The molecule has 9 heteroatoms. The number of nitrogens with zero attached hydrogens (tertiary/aromatic N) is 3. The van der Waals surface area contributed by atoms with Gasteiger partial charge in [0.15, 0.2) is 11.5 Å². The number of nitrogen functional groups attached to an aromatic ring is 1. The van der Waals surface area contributed by atoms with Crippen molar-refractivity contribution in [2.24, 2.45) is 5.10 Å². The molecule has 1 unspecified atom stereocenters. The Morgan fingerprint density at radius 3 is 2.26 bits per heavy atom. The van der Waals surface area contributed by atoms with Crippen LogP contribution in [0.2, 0.25) is 5.02 Å². The Bertz CT molecular complexity index is 1860. The molecule has 8 nitrogen and oxygen atoms in total. The number of amides is 1. The predicted molar refractivity (Wildman–Crippen MR) is 169 cm³/mol. The number of carbonyl (C=O) groups is 1. The number of hydrogen-bond donors (Lipinski definition) is 1. The second kappa shape index (κ2) is 11.7. The van der Waals surface area contributed by atoms with Crippen molar-refractivity contribution in [3.63, 3.8) is 0 Å². The van der Waals surface area contributed by atoms with Crippen LogP contribution in [0.3, 0.4) is 0 Å². The standard InChI is InChI=1S/C34H29ClN4O4/c1-41-25-13-14-28-26(17-25)27(18-29(37-28)20-4-9-23(35)10-5-20)34(40)39-31(22-8-15-32(42-2)33(16-22)43-3)19-30(38-39)21-6-11-24(36)12-7-21/h4-18,31H,19,36H2,1-3H3. The van der Waals surface area contributed by atoms with Crippen LogP contribution in [0, 0.1) is 0 Å². The molecule has 0 saturated carbocycles. The van der Waals surface area contributed by atoms with E-state index in [0.717, 1.165) is 22.4 Å². The lowest BCUT2D eigenvalue weighted by Crippen LogP contribution is -2.27. The summed E-state index contributed by atoms with van der Waals surface area (Å²) < 4.78 is 16.5. The minimum absolute atomic E-state index is 0.277. The van der Waals surface area contributed by atoms with E-state index in [9.17, 15) is 4.79 Å². The van der Waals surface area contributed by atoms with Gasteiger partial charge in [-0.15, -0.1) is 0 Å².